The number of ether oxygens (including phenoxy) is 2. The Hall–Kier alpha value is -3.75. The van der Waals surface area contributed by atoms with Gasteiger partial charge in [0, 0.05) is 12.7 Å². The van der Waals surface area contributed by atoms with E-state index in [1.165, 1.54) is 18.3 Å². The second kappa shape index (κ2) is 8.51. The third-order valence-electron chi connectivity index (χ3n) is 3.73. The van der Waals surface area contributed by atoms with Gasteiger partial charge in [-0.1, -0.05) is 12.1 Å². The summed E-state index contributed by atoms with van der Waals surface area (Å²) >= 11 is 0. The van der Waals surface area contributed by atoms with E-state index in [0.717, 1.165) is 17.7 Å². The fraction of sp³-hybridized carbons (Fsp3) is 0.100. The van der Waals surface area contributed by atoms with Crippen molar-refractivity contribution in [2.45, 2.75) is 12.9 Å². The number of halogens is 3. The molecule has 0 atom stereocenters. The van der Waals surface area contributed by atoms with Crippen molar-refractivity contribution >= 4 is 11.7 Å². The number of alkyl halides is 3. The maximum atomic E-state index is 12.2. The molecule has 3 N–H and O–H groups in total. The molecule has 0 radical (unpaired) electrons. The molecule has 1 heterocycles. The molecule has 0 unspecified atom stereocenters. The third-order valence-corrected chi connectivity index (χ3v) is 3.73. The second-order valence-electron chi connectivity index (χ2n) is 5.89. The van der Waals surface area contributed by atoms with Crippen molar-refractivity contribution < 1.29 is 27.4 Å². The van der Waals surface area contributed by atoms with Crippen molar-refractivity contribution in [3.05, 3.63) is 78.0 Å². The lowest BCUT2D eigenvalue weighted by Gasteiger charge is -2.11. The SMILES string of the molecule is Nc1ncccc1C(=O)NCc1cccc(Oc2ccc(OC(F)(F)F)cc2)c1. The maximum Gasteiger partial charge on any atom is 0.573 e. The fourth-order valence-electron chi connectivity index (χ4n) is 2.45. The number of nitrogens with one attached hydrogen (secondary N) is 1. The molecule has 3 rings (SSSR count). The summed E-state index contributed by atoms with van der Waals surface area (Å²) < 4.78 is 46.0. The van der Waals surface area contributed by atoms with Crippen molar-refractivity contribution in [1.29, 1.82) is 0 Å². The highest BCUT2D eigenvalue weighted by atomic mass is 19.4. The number of nitrogens with zero attached hydrogens (tertiary/aromatic N) is 1. The average molecular weight is 403 g/mol. The van der Waals surface area contributed by atoms with Gasteiger partial charge in [-0.05, 0) is 54.1 Å². The van der Waals surface area contributed by atoms with Crippen LogP contribution in [0.3, 0.4) is 0 Å². The zero-order valence-electron chi connectivity index (χ0n) is 14.9. The molecule has 1 aromatic heterocycles. The summed E-state index contributed by atoms with van der Waals surface area (Å²) in [7, 11) is 0. The minimum absolute atomic E-state index is 0.139. The Kier molecular flexibility index (Phi) is 5.87. The molecule has 0 aliphatic rings. The van der Waals surface area contributed by atoms with E-state index >= 15 is 0 Å². The number of pyridine rings is 1. The Morgan fingerprint density at radius 1 is 1.00 bits per heavy atom. The maximum absolute atomic E-state index is 12.2. The van der Waals surface area contributed by atoms with Gasteiger partial charge in [0.25, 0.3) is 5.91 Å². The van der Waals surface area contributed by atoms with Crippen molar-refractivity contribution in [1.82, 2.24) is 10.3 Å². The Labute approximate surface area is 164 Å². The molecular formula is C20H16F3N3O3. The summed E-state index contributed by atoms with van der Waals surface area (Å²) in [6.07, 6.45) is -3.25. The normalized spacial score (nSPS) is 11.0. The summed E-state index contributed by atoms with van der Waals surface area (Å²) in [6, 6.07) is 15.1. The Morgan fingerprint density at radius 3 is 2.41 bits per heavy atom. The van der Waals surface area contributed by atoms with E-state index in [0.29, 0.717) is 11.5 Å². The van der Waals surface area contributed by atoms with E-state index in [-0.39, 0.29) is 29.6 Å². The number of aromatic nitrogens is 1. The van der Waals surface area contributed by atoms with Crippen LogP contribution in [0.2, 0.25) is 0 Å². The average Bonchev–Trinajstić information content (AvgIpc) is 2.67. The van der Waals surface area contributed by atoms with Crippen LogP contribution in [0.5, 0.6) is 17.2 Å². The number of nitrogens with two attached hydrogens (primary N) is 1. The molecule has 9 heteroatoms. The molecule has 0 aliphatic carbocycles. The first-order valence-corrected chi connectivity index (χ1v) is 8.41. The summed E-state index contributed by atoms with van der Waals surface area (Å²) in [6.45, 7) is 0.225. The van der Waals surface area contributed by atoms with E-state index in [1.54, 1.807) is 36.4 Å². The molecule has 3 aromatic rings. The second-order valence-corrected chi connectivity index (χ2v) is 5.89. The molecular weight excluding hydrogens is 387 g/mol. The first-order chi connectivity index (χ1) is 13.8. The molecule has 0 aliphatic heterocycles. The fourth-order valence-corrected chi connectivity index (χ4v) is 2.45. The quantitative estimate of drug-likeness (QED) is 0.641. The largest absolute Gasteiger partial charge is 0.573 e. The lowest BCUT2D eigenvalue weighted by Crippen LogP contribution is -2.24. The molecule has 29 heavy (non-hydrogen) atoms. The molecule has 0 bridgehead atoms. The number of amides is 1. The van der Waals surface area contributed by atoms with Crippen LogP contribution in [-0.4, -0.2) is 17.3 Å². The van der Waals surface area contributed by atoms with Crippen molar-refractivity contribution in [3.63, 3.8) is 0 Å². The Morgan fingerprint density at radius 2 is 1.72 bits per heavy atom. The van der Waals surface area contributed by atoms with Crippen molar-refractivity contribution in [2.75, 3.05) is 5.73 Å². The van der Waals surface area contributed by atoms with Crippen LogP contribution < -0.4 is 20.5 Å². The van der Waals surface area contributed by atoms with E-state index < -0.39 is 6.36 Å². The Balaban J connectivity index is 1.61. The van der Waals surface area contributed by atoms with Crippen LogP contribution in [0.4, 0.5) is 19.0 Å². The predicted octanol–water partition coefficient (Wildman–Crippen LogP) is 4.28. The molecule has 6 nitrogen and oxygen atoms in total. The van der Waals surface area contributed by atoms with Gasteiger partial charge in [0.2, 0.25) is 0 Å². The number of hydrogen-bond acceptors (Lipinski definition) is 5. The molecule has 0 saturated carbocycles. The standard InChI is InChI=1S/C20H16F3N3O3/c21-20(22,23)29-15-8-6-14(7-9-15)28-16-4-1-3-13(11-16)12-26-19(27)17-5-2-10-25-18(17)24/h1-11H,12H2,(H2,24,25)(H,26,27). The van der Waals surface area contributed by atoms with Crippen LogP contribution >= 0.6 is 0 Å². The minimum Gasteiger partial charge on any atom is -0.457 e. The van der Waals surface area contributed by atoms with Gasteiger partial charge in [-0.3, -0.25) is 4.79 Å². The lowest BCUT2D eigenvalue weighted by molar-refractivity contribution is -0.274. The van der Waals surface area contributed by atoms with Crippen molar-refractivity contribution in [3.8, 4) is 17.2 Å². The van der Waals surface area contributed by atoms with Gasteiger partial charge < -0.3 is 20.5 Å². The Bertz CT molecular complexity index is 992. The van der Waals surface area contributed by atoms with Gasteiger partial charge in [-0.2, -0.15) is 0 Å². The van der Waals surface area contributed by atoms with Crippen LogP contribution in [0.15, 0.2) is 66.9 Å². The first kappa shape index (κ1) is 20.0. The lowest BCUT2D eigenvalue weighted by atomic mass is 10.2. The third kappa shape index (κ3) is 5.86. The van der Waals surface area contributed by atoms with E-state index in [1.807, 2.05) is 0 Å². The number of carbonyl (C=O) groups excluding carboxylic acids is 1. The highest BCUT2D eigenvalue weighted by molar-refractivity contribution is 5.98. The van der Waals surface area contributed by atoms with Crippen LogP contribution in [-0.2, 0) is 6.54 Å². The van der Waals surface area contributed by atoms with Gasteiger partial charge in [0.15, 0.2) is 0 Å². The number of benzene rings is 2. The van der Waals surface area contributed by atoms with Gasteiger partial charge in [-0.25, -0.2) is 4.98 Å². The van der Waals surface area contributed by atoms with E-state index in [9.17, 15) is 18.0 Å². The molecule has 2 aromatic carbocycles. The number of nitrogen functional groups attached to an aromatic ring is 1. The number of hydrogen-bond donors (Lipinski definition) is 2. The summed E-state index contributed by atoms with van der Waals surface area (Å²) in [5, 5.41) is 2.74. The smallest absolute Gasteiger partial charge is 0.457 e. The molecule has 0 saturated heterocycles. The monoisotopic (exact) mass is 403 g/mol. The first-order valence-electron chi connectivity index (χ1n) is 8.41. The molecule has 1 amide bonds. The van der Waals surface area contributed by atoms with Gasteiger partial charge in [-0.15, -0.1) is 13.2 Å². The number of carbonyl (C=O) groups is 1. The highest BCUT2D eigenvalue weighted by Gasteiger charge is 2.30. The van der Waals surface area contributed by atoms with Gasteiger partial charge >= 0.3 is 6.36 Å². The zero-order chi connectivity index (χ0) is 20.9. The van der Waals surface area contributed by atoms with Gasteiger partial charge in [0.1, 0.15) is 23.1 Å². The summed E-state index contributed by atoms with van der Waals surface area (Å²) in [5.74, 6) is 0.240. The molecule has 150 valence electrons. The summed E-state index contributed by atoms with van der Waals surface area (Å²) in [4.78, 5) is 16.1. The van der Waals surface area contributed by atoms with Crippen LogP contribution in [0.25, 0.3) is 0 Å². The minimum atomic E-state index is -4.75. The molecule has 0 fully saturated rings. The van der Waals surface area contributed by atoms with Crippen LogP contribution in [0.1, 0.15) is 15.9 Å². The van der Waals surface area contributed by atoms with E-state index in [2.05, 4.69) is 15.0 Å². The highest BCUT2D eigenvalue weighted by Crippen LogP contribution is 2.27. The molecule has 0 spiro atoms. The number of rotatable bonds is 6. The predicted molar refractivity (Wildman–Crippen MR) is 99.5 cm³/mol. The van der Waals surface area contributed by atoms with Crippen LogP contribution in [0, 0.1) is 0 Å². The topological polar surface area (TPSA) is 86.5 Å². The van der Waals surface area contributed by atoms with Gasteiger partial charge in [0.05, 0.1) is 5.56 Å². The van der Waals surface area contributed by atoms with Crippen molar-refractivity contribution in [2.24, 2.45) is 0 Å². The number of anilines is 1. The van der Waals surface area contributed by atoms with E-state index in [4.69, 9.17) is 10.5 Å². The summed E-state index contributed by atoms with van der Waals surface area (Å²) in [5.41, 5.74) is 6.72. The zero-order valence-corrected chi connectivity index (χ0v) is 14.9.